The van der Waals surface area contributed by atoms with E-state index in [0.29, 0.717) is 25.1 Å². The molecule has 1 aromatic rings. The minimum Gasteiger partial charge on any atom is -0.315 e. The fourth-order valence-corrected chi connectivity index (χ4v) is 1.39. The number of nitrogens with one attached hydrogen (secondary N) is 1. The third-order valence-corrected chi connectivity index (χ3v) is 2.46. The first-order valence-corrected chi connectivity index (χ1v) is 5.50. The molecule has 0 aliphatic heterocycles. The van der Waals surface area contributed by atoms with Crippen molar-refractivity contribution in [1.29, 1.82) is 5.26 Å². The molecule has 0 aliphatic carbocycles. The van der Waals surface area contributed by atoms with Gasteiger partial charge < -0.3 is 5.32 Å². The summed E-state index contributed by atoms with van der Waals surface area (Å²) in [5.74, 6) is -1.09. The number of hydrogen-bond donors (Lipinski definition) is 1. The Morgan fingerprint density at radius 1 is 1.35 bits per heavy atom. The lowest BCUT2D eigenvalue weighted by atomic mass is 9.96. The average Bonchev–Trinajstić information content (AvgIpc) is 2.27. The molecule has 0 heterocycles. The number of benzene rings is 1. The van der Waals surface area contributed by atoms with E-state index in [9.17, 15) is 8.78 Å². The summed E-state index contributed by atoms with van der Waals surface area (Å²) in [6.07, 6.45) is 0.480. The molecule has 0 fully saturated rings. The van der Waals surface area contributed by atoms with E-state index in [0.717, 1.165) is 6.07 Å². The monoisotopic (exact) mass is 238 g/mol. The molecular formula is C13H16F2N2. The Bertz CT molecular complexity index is 422. The topological polar surface area (TPSA) is 35.8 Å². The van der Waals surface area contributed by atoms with Crippen LogP contribution in [0.1, 0.15) is 19.4 Å². The van der Waals surface area contributed by atoms with Crippen LogP contribution in [0.15, 0.2) is 18.2 Å². The van der Waals surface area contributed by atoms with Gasteiger partial charge in [-0.1, -0.05) is 6.07 Å². The molecule has 0 spiro atoms. The van der Waals surface area contributed by atoms with Crippen LogP contribution in [0.25, 0.3) is 0 Å². The maximum Gasteiger partial charge on any atom is 0.129 e. The van der Waals surface area contributed by atoms with E-state index in [1.165, 1.54) is 12.1 Å². The third kappa shape index (κ3) is 4.49. The Kier molecular flexibility index (Phi) is 4.59. The quantitative estimate of drug-likeness (QED) is 0.800. The van der Waals surface area contributed by atoms with E-state index in [2.05, 4.69) is 11.4 Å². The zero-order valence-corrected chi connectivity index (χ0v) is 10.1. The molecular weight excluding hydrogens is 222 g/mol. The highest BCUT2D eigenvalue weighted by molar-refractivity contribution is 5.18. The molecule has 0 bridgehead atoms. The lowest BCUT2D eigenvalue weighted by Gasteiger charge is -2.15. The van der Waals surface area contributed by atoms with Gasteiger partial charge in [-0.2, -0.15) is 5.26 Å². The van der Waals surface area contributed by atoms with Crippen LogP contribution in [-0.4, -0.2) is 13.1 Å². The molecule has 0 saturated carbocycles. The SMILES string of the molecule is CC(C)(C#N)CNCCc1ccc(F)cc1F. The summed E-state index contributed by atoms with van der Waals surface area (Å²) >= 11 is 0. The summed E-state index contributed by atoms with van der Waals surface area (Å²) in [5.41, 5.74) is 0.0510. The van der Waals surface area contributed by atoms with E-state index >= 15 is 0 Å². The molecule has 1 aromatic carbocycles. The molecule has 0 aromatic heterocycles. The largest absolute Gasteiger partial charge is 0.315 e. The highest BCUT2D eigenvalue weighted by atomic mass is 19.1. The van der Waals surface area contributed by atoms with Crippen LogP contribution in [0, 0.1) is 28.4 Å². The van der Waals surface area contributed by atoms with Crippen molar-refractivity contribution >= 4 is 0 Å². The lowest BCUT2D eigenvalue weighted by molar-refractivity contribution is 0.446. The predicted octanol–water partition coefficient (Wildman–Crippen LogP) is 2.65. The summed E-state index contributed by atoms with van der Waals surface area (Å²) in [6, 6.07) is 5.75. The van der Waals surface area contributed by atoms with Crippen molar-refractivity contribution in [2.75, 3.05) is 13.1 Å². The maximum absolute atomic E-state index is 13.3. The third-order valence-electron chi connectivity index (χ3n) is 2.46. The number of nitrogens with zero attached hydrogens (tertiary/aromatic N) is 1. The normalized spacial score (nSPS) is 11.2. The van der Waals surface area contributed by atoms with Gasteiger partial charge in [-0.15, -0.1) is 0 Å². The first kappa shape index (κ1) is 13.6. The van der Waals surface area contributed by atoms with Crippen molar-refractivity contribution in [2.24, 2.45) is 5.41 Å². The average molecular weight is 238 g/mol. The first-order chi connectivity index (χ1) is 7.94. The summed E-state index contributed by atoms with van der Waals surface area (Å²) < 4.78 is 25.9. The van der Waals surface area contributed by atoms with Crippen LogP contribution in [0.4, 0.5) is 8.78 Å². The van der Waals surface area contributed by atoms with Gasteiger partial charge in [-0.25, -0.2) is 8.78 Å². The lowest BCUT2D eigenvalue weighted by Crippen LogP contribution is -2.29. The van der Waals surface area contributed by atoms with Gasteiger partial charge in [0.1, 0.15) is 11.6 Å². The second-order valence-corrected chi connectivity index (χ2v) is 4.66. The second-order valence-electron chi connectivity index (χ2n) is 4.66. The highest BCUT2D eigenvalue weighted by Gasteiger charge is 2.15. The highest BCUT2D eigenvalue weighted by Crippen LogP contribution is 2.12. The van der Waals surface area contributed by atoms with Crippen molar-refractivity contribution < 1.29 is 8.78 Å². The molecule has 0 atom stereocenters. The van der Waals surface area contributed by atoms with Gasteiger partial charge in [0.25, 0.3) is 0 Å². The Hall–Kier alpha value is -1.47. The number of rotatable bonds is 5. The van der Waals surface area contributed by atoms with Crippen LogP contribution >= 0.6 is 0 Å². The smallest absolute Gasteiger partial charge is 0.129 e. The Morgan fingerprint density at radius 3 is 2.65 bits per heavy atom. The van der Waals surface area contributed by atoms with Crippen LogP contribution in [-0.2, 0) is 6.42 Å². The van der Waals surface area contributed by atoms with Crippen LogP contribution < -0.4 is 5.32 Å². The second kappa shape index (κ2) is 5.74. The fraction of sp³-hybridized carbons (Fsp3) is 0.462. The molecule has 17 heavy (non-hydrogen) atoms. The minimum absolute atomic E-state index is 0.429. The molecule has 2 nitrogen and oxygen atoms in total. The number of nitriles is 1. The molecule has 0 unspecified atom stereocenters. The predicted molar refractivity (Wildman–Crippen MR) is 62.3 cm³/mol. The molecule has 1 N–H and O–H groups in total. The summed E-state index contributed by atoms with van der Waals surface area (Å²) in [4.78, 5) is 0. The molecule has 4 heteroatoms. The van der Waals surface area contributed by atoms with E-state index in [1.807, 2.05) is 13.8 Å². The molecule has 1 rings (SSSR count). The van der Waals surface area contributed by atoms with E-state index in [1.54, 1.807) is 0 Å². The molecule has 0 radical (unpaired) electrons. The van der Waals surface area contributed by atoms with E-state index < -0.39 is 17.0 Å². The van der Waals surface area contributed by atoms with Gasteiger partial charge in [0.15, 0.2) is 0 Å². The zero-order chi connectivity index (χ0) is 12.9. The van der Waals surface area contributed by atoms with Crippen molar-refractivity contribution in [3.8, 4) is 6.07 Å². The van der Waals surface area contributed by atoms with Gasteiger partial charge in [-0.3, -0.25) is 0 Å². The summed E-state index contributed by atoms with van der Waals surface area (Å²) in [7, 11) is 0. The molecule has 0 amide bonds. The Balaban J connectivity index is 2.39. The fourth-order valence-electron chi connectivity index (χ4n) is 1.39. The van der Waals surface area contributed by atoms with Crippen LogP contribution in [0.3, 0.4) is 0 Å². The standard InChI is InChI=1S/C13H16F2N2/c1-13(2,8-16)9-17-6-5-10-3-4-11(14)7-12(10)15/h3-4,7,17H,5-6,9H2,1-2H3. The Morgan fingerprint density at radius 2 is 2.06 bits per heavy atom. The van der Waals surface area contributed by atoms with Crippen molar-refractivity contribution in [2.45, 2.75) is 20.3 Å². The van der Waals surface area contributed by atoms with Gasteiger partial charge in [0.05, 0.1) is 11.5 Å². The van der Waals surface area contributed by atoms with Crippen LogP contribution in [0.5, 0.6) is 0 Å². The Labute approximate surface area is 100 Å². The zero-order valence-electron chi connectivity index (χ0n) is 10.1. The van der Waals surface area contributed by atoms with E-state index in [4.69, 9.17) is 5.26 Å². The maximum atomic E-state index is 13.3. The van der Waals surface area contributed by atoms with Crippen molar-refractivity contribution in [3.05, 3.63) is 35.4 Å². The molecule has 0 saturated heterocycles. The first-order valence-electron chi connectivity index (χ1n) is 5.50. The van der Waals surface area contributed by atoms with Gasteiger partial charge in [-0.05, 0) is 38.4 Å². The molecule has 92 valence electrons. The number of hydrogen-bond acceptors (Lipinski definition) is 2. The summed E-state index contributed by atoms with van der Waals surface area (Å²) in [6.45, 7) is 4.77. The van der Waals surface area contributed by atoms with Crippen molar-refractivity contribution in [1.82, 2.24) is 5.32 Å². The minimum atomic E-state index is -0.565. The molecule has 0 aliphatic rings. The van der Waals surface area contributed by atoms with E-state index in [-0.39, 0.29) is 0 Å². The van der Waals surface area contributed by atoms with Gasteiger partial charge >= 0.3 is 0 Å². The van der Waals surface area contributed by atoms with Gasteiger partial charge in [0.2, 0.25) is 0 Å². The van der Waals surface area contributed by atoms with Gasteiger partial charge in [0, 0.05) is 12.6 Å². The van der Waals surface area contributed by atoms with Crippen molar-refractivity contribution in [3.63, 3.8) is 0 Å². The van der Waals surface area contributed by atoms with Crippen LogP contribution in [0.2, 0.25) is 0 Å². The number of halogens is 2. The summed E-state index contributed by atoms with van der Waals surface area (Å²) in [5, 5.41) is 11.9.